The summed E-state index contributed by atoms with van der Waals surface area (Å²) in [4.78, 5) is 69.6. The summed E-state index contributed by atoms with van der Waals surface area (Å²) in [7, 11) is 4.82. The average molecular weight is 1140 g/mol. The Balaban J connectivity index is 0.977. The van der Waals surface area contributed by atoms with Crippen LogP contribution in [0.4, 0.5) is 0 Å². The number of esters is 1. The van der Waals surface area contributed by atoms with Crippen LogP contribution in [-0.2, 0) is 43.8 Å². The van der Waals surface area contributed by atoms with Crippen molar-refractivity contribution in [2.75, 3.05) is 53.3 Å². The van der Waals surface area contributed by atoms with Crippen LogP contribution >= 0.6 is 34.7 Å². The molecule has 0 saturated carbocycles. The van der Waals surface area contributed by atoms with E-state index in [2.05, 4.69) is 10.1 Å². The number of fused-ring (bicyclic) bond motifs is 1. The second-order valence-electron chi connectivity index (χ2n) is 21.8. The Morgan fingerprint density at radius 1 is 0.785 bits per heavy atom. The number of rotatable bonds is 26. The summed E-state index contributed by atoms with van der Waals surface area (Å²) in [6.45, 7) is 15.3. The molecule has 0 bridgehead atoms. The first-order valence-electron chi connectivity index (χ1n) is 26.7. The minimum absolute atomic E-state index is 0.00701. The third-order valence-electron chi connectivity index (χ3n) is 15.4. The van der Waals surface area contributed by atoms with E-state index in [0.717, 1.165) is 77.7 Å². The number of amides is 1. The molecular formula is C61H72ClN4O11S2+. The molecule has 5 aromatic rings. The fourth-order valence-corrected chi connectivity index (χ4v) is 12.0. The third-order valence-corrected chi connectivity index (χ3v) is 17.9. The van der Waals surface area contributed by atoms with Crippen molar-refractivity contribution in [1.82, 2.24) is 9.88 Å². The van der Waals surface area contributed by atoms with Gasteiger partial charge in [0, 0.05) is 53.4 Å². The molecule has 0 spiro atoms. The number of ketones is 2. The Morgan fingerprint density at radius 3 is 1.92 bits per heavy atom. The zero-order valence-electron chi connectivity index (χ0n) is 46.7. The number of methoxy groups -OCH3 is 3. The highest BCUT2D eigenvalue weighted by Gasteiger charge is 2.55. The van der Waals surface area contributed by atoms with Crippen LogP contribution in [0.2, 0.25) is 5.02 Å². The molecule has 15 nitrogen and oxygen atoms in total. The van der Waals surface area contributed by atoms with Crippen LogP contribution in [0.5, 0.6) is 28.7 Å². The van der Waals surface area contributed by atoms with Gasteiger partial charge in [-0.25, -0.2) is 9.78 Å². The zero-order chi connectivity index (χ0) is 56.5. The molecule has 4 aromatic carbocycles. The quantitative estimate of drug-likeness (QED) is 0.00979. The van der Waals surface area contributed by atoms with Crippen molar-refractivity contribution >= 4 is 63.9 Å². The van der Waals surface area contributed by atoms with Crippen molar-refractivity contribution in [3.8, 4) is 28.7 Å². The molecule has 3 aliphatic heterocycles. The van der Waals surface area contributed by atoms with E-state index in [-0.39, 0.29) is 77.7 Å². The molecular weight excluding hydrogens is 1060 g/mol. The number of aromatic nitrogens is 1. The topological polar surface area (TPSA) is 161 Å². The number of ether oxygens (including phenoxy) is 6. The molecule has 79 heavy (non-hydrogen) atoms. The average Bonchev–Trinajstić information content (AvgIpc) is 4.20. The van der Waals surface area contributed by atoms with Gasteiger partial charge in [-0.3, -0.25) is 19.3 Å². The fraction of sp³-hybridized carbons (Fsp3) is 0.443. The van der Waals surface area contributed by atoms with Crippen molar-refractivity contribution < 1.29 is 56.9 Å². The van der Waals surface area contributed by atoms with E-state index in [4.69, 9.17) is 44.9 Å². The molecule has 1 amide bonds. The van der Waals surface area contributed by atoms with Crippen LogP contribution in [0.1, 0.15) is 111 Å². The smallest absolute Gasteiger partial charge is 0.355 e. The Morgan fingerprint density at radius 2 is 1.37 bits per heavy atom. The molecule has 0 N–H and O–H groups in total. The van der Waals surface area contributed by atoms with E-state index in [0.29, 0.717) is 46.0 Å². The number of thiazole rings is 1. The van der Waals surface area contributed by atoms with Crippen molar-refractivity contribution in [2.45, 2.75) is 111 Å². The largest absolute Gasteiger partial charge is 0.497 e. The Hall–Kier alpha value is -6.40. The lowest BCUT2D eigenvalue weighted by Gasteiger charge is -2.50. The van der Waals surface area contributed by atoms with Crippen LogP contribution < -0.4 is 23.7 Å². The maximum absolute atomic E-state index is 14.5. The van der Waals surface area contributed by atoms with Crippen LogP contribution in [0.15, 0.2) is 107 Å². The van der Waals surface area contributed by atoms with Crippen LogP contribution in [0.3, 0.4) is 0 Å². The Kier molecular flexibility index (Phi) is 19.2. The van der Waals surface area contributed by atoms with E-state index in [1.165, 1.54) is 11.3 Å². The molecule has 1 aromatic heterocycles. The predicted molar refractivity (Wildman–Crippen MR) is 307 cm³/mol. The molecule has 0 aliphatic carbocycles. The van der Waals surface area contributed by atoms with Gasteiger partial charge in [0.25, 0.3) is 0 Å². The highest BCUT2D eigenvalue weighted by molar-refractivity contribution is 8.00. The number of hydrogen-bond donors (Lipinski definition) is 0. The molecule has 18 heteroatoms. The number of thioether (sulfide) groups is 1. The van der Waals surface area contributed by atoms with Gasteiger partial charge < -0.3 is 37.7 Å². The van der Waals surface area contributed by atoms with Gasteiger partial charge in [0.15, 0.2) is 28.8 Å². The van der Waals surface area contributed by atoms with E-state index in [9.17, 15) is 19.2 Å². The molecule has 0 radical (unpaired) electrons. The number of hydrogen-bond acceptors (Lipinski definition) is 15. The monoisotopic (exact) mass is 1140 g/mol. The van der Waals surface area contributed by atoms with Crippen LogP contribution in [-0.4, -0.2) is 108 Å². The summed E-state index contributed by atoms with van der Waals surface area (Å²) >= 11 is 10.0. The number of β-lactam (4-membered cyclic amide) rings is 1. The molecule has 2 atom stereocenters. The summed E-state index contributed by atoms with van der Waals surface area (Å²) in [6.07, 6.45) is 3.48. The number of carbonyl (C=O) groups is 4. The van der Waals surface area contributed by atoms with Gasteiger partial charge in [-0.15, -0.1) is 23.1 Å². The number of aryl methyl sites for hydroxylation is 1. The summed E-state index contributed by atoms with van der Waals surface area (Å²) in [5.41, 5.74) is 3.43. The number of oxime groups is 1. The van der Waals surface area contributed by atoms with E-state index in [1.807, 2.05) is 102 Å². The van der Waals surface area contributed by atoms with Crippen molar-refractivity contribution in [1.29, 1.82) is 0 Å². The fourth-order valence-electron chi connectivity index (χ4n) is 9.67. The maximum Gasteiger partial charge on any atom is 0.355 e. The number of nitrogens with zero attached hydrogens (tertiary/aromatic N) is 4. The van der Waals surface area contributed by atoms with Crippen molar-refractivity contribution in [3.63, 3.8) is 0 Å². The first kappa shape index (κ1) is 58.7. The number of unbranched alkanes of at least 4 members (excludes halogenated alkanes) is 1. The second-order valence-corrected chi connectivity index (χ2v) is 24.4. The van der Waals surface area contributed by atoms with Gasteiger partial charge in [-0.05, 0) is 98.8 Å². The van der Waals surface area contributed by atoms with E-state index >= 15 is 0 Å². The number of carbonyl (C=O) groups excluding carboxylic acids is 4. The lowest BCUT2D eigenvalue weighted by atomic mass is 9.79. The minimum atomic E-state index is -0.724. The summed E-state index contributed by atoms with van der Waals surface area (Å²) in [5.74, 6) is 1.22. The minimum Gasteiger partial charge on any atom is -0.497 e. The first-order chi connectivity index (χ1) is 37.8. The van der Waals surface area contributed by atoms with Gasteiger partial charge in [0.2, 0.25) is 5.91 Å². The van der Waals surface area contributed by atoms with E-state index in [1.54, 1.807) is 67.6 Å². The molecule has 0 unspecified atom stereocenters. The molecule has 2 fully saturated rings. The molecule has 420 valence electrons. The summed E-state index contributed by atoms with van der Waals surface area (Å²) in [6, 6.07) is 25.8. The Bertz CT molecular complexity index is 3040. The molecule has 2 saturated heterocycles. The summed E-state index contributed by atoms with van der Waals surface area (Å²) in [5, 5.41) is 6.68. The predicted octanol–water partition coefficient (Wildman–Crippen LogP) is 12.0. The number of benzene rings is 4. The second kappa shape index (κ2) is 25.8. The first-order valence-corrected chi connectivity index (χ1v) is 29.0. The Labute approximate surface area is 477 Å². The van der Waals surface area contributed by atoms with Gasteiger partial charge in [0.1, 0.15) is 60.6 Å². The number of likely N-dealkylation sites (tertiary alicyclic amines) is 1. The third kappa shape index (κ3) is 14.1. The van der Waals surface area contributed by atoms with Gasteiger partial charge in [0.05, 0.1) is 62.3 Å². The highest BCUT2D eigenvalue weighted by atomic mass is 35.5. The van der Waals surface area contributed by atoms with Gasteiger partial charge in [-0.2, -0.15) is 0 Å². The molecule has 4 heterocycles. The molecule has 3 aliphatic rings. The van der Waals surface area contributed by atoms with Crippen LogP contribution in [0, 0.1) is 18.3 Å². The normalized spacial score (nSPS) is 17.2. The van der Waals surface area contributed by atoms with Gasteiger partial charge >= 0.3 is 5.97 Å². The zero-order valence-corrected chi connectivity index (χ0v) is 49.1. The number of Topliss-reactive ketones (excluding diaryl/α,β-unsaturated/α-hetero) is 2. The van der Waals surface area contributed by atoms with Crippen molar-refractivity contribution in [3.05, 3.63) is 140 Å². The lowest BCUT2D eigenvalue weighted by Crippen LogP contribution is -2.63. The lowest BCUT2D eigenvalue weighted by molar-refractivity contribution is -0.912. The SMILES string of the molecule is COc1ccc(COC(=O)C2=C(C[N+]3(CCCCC(=O)c4ccc(OCc5ccc(OC)cc5)c(OCc5ccc(OC)cc5)c4Cl)CCCC3)CS[C@@H]3[C@H](CC(=O)/C(=N\OC(C)(C)C(C)(C)C)c4csc(C)n4)C(=O)N23)cc1. The van der Waals surface area contributed by atoms with Crippen molar-refractivity contribution in [2.24, 2.45) is 16.5 Å². The van der Waals surface area contributed by atoms with E-state index < -0.39 is 22.9 Å². The summed E-state index contributed by atoms with van der Waals surface area (Å²) < 4.78 is 35.3. The molecule has 8 rings (SSSR count). The standard InChI is InChI=1S/C61H72ClN4O11S2/c1-39-63-49(38-78-39)54(64-77-61(5,6)60(2,3)4)51(68)32-48-57(69)65-55(59(70)76-36-42-19-25-46(73-9)26-20-42)43(37-79-58(48)65)33-66(30-12-13-31-66)29-11-10-14-50(67)47-27-28-52(74-34-40-15-21-44(71-7)22-16-40)56(53(47)62)75-35-41-17-23-45(72-8)24-18-41/h15-28,38,48,58H,10-14,29-37H2,1-9H3/q+1/b64-54-/t48-,58-/m1/s1. The maximum atomic E-state index is 14.5. The van der Waals surface area contributed by atoms with Gasteiger partial charge in [-0.1, -0.05) is 73.9 Å². The highest BCUT2D eigenvalue weighted by Crippen LogP contribution is 2.47. The van der Waals surface area contributed by atoms with Crippen LogP contribution in [0.25, 0.3) is 0 Å². The number of quaternary nitrogens is 1. The number of halogens is 1.